The Balaban J connectivity index is 2.07. The van der Waals surface area contributed by atoms with Gasteiger partial charge in [-0.2, -0.15) is 0 Å². The molecule has 1 N–H and O–H groups in total. The lowest BCUT2D eigenvalue weighted by Gasteiger charge is -2.51. The minimum Gasteiger partial charge on any atom is -0.309 e. The van der Waals surface area contributed by atoms with Crippen molar-refractivity contribution in [1.29, 1.82) is 0 Å². The summed E-state index contributed by atoms with van der Waals surface area (Å²) in [6.45, 7) is 11.9. The molecule has 2 fully saturated rings. The van der Waals surface area contributed by atoms with Crippen molar-refractivity contribution in [3.63, 3.8) is 0 Å². The van der Waals surface area contributed by atoms with E-state index in [-0.39, 0.29) is 0 Å². The first kappa shape index (κ1) is 15.3. The van der Waals surface area contributed by atoms with E-state index in [2.05, 4.69) is 37.9 Å². The Morgan fingerprint density at radius 3 is 2.47 bits per heavy atom. The van der Waals surface area contributed by atoms with Crippen LogP contribution in [0.25, 0.3) is 0 Å². The third-order valence-corrected chi connectivity index (χ3v) is 5.83. The maximum absolute atomic E-state index is 3.86. The molecule has 0 aromatic heterocycles. The molecule has 1 saturated heterocycles. The Hall–Kier alpha value is -0.0800. The molecule has 3 atom stereocenters. The number of nitrogens with zero attached hydrogens (tertiary/aromatic N) is 1. The van der Waals surface area contributed by atoms with Gasteiger partial charge in [-0.25, -0.2) is 0 Å². The molecule has 0 bridgehead atoms. The number of hydrogen-bond acceptors (Lipinski definition) is 2. The van der Waals surface area contributed by atoms with Crippen molar-refractivity contribution in [2.45, 2.75) is 90.3 Å². The van der Waals surface area contributed by atoms with Gasteiger partial charge in [-0.15, -0.1) is 0 Å². The first-order chi connectivity index (χ1) is 9.09. The van der Waals surface area contributed by atoms with Gasteiger partial charge in [0, 0.05) is 30.7 Å². The Labute approximate surface area is 120 Å². The van der Waals surface area contributed by atoms with E-state index in [1.165, 1.54) is 58.0 Å². The summed E-state index contributed by atoms with van der Waals surface area (Å²) in [5, 5.41) is 3.86. The van der Waals surface area contributed by atoms with Crippen LogP contribution in [0.2, 0.25) is 0 Å². The van der Waals surface area contributed by atoms with Gasteiger partial charge >= 0.3 is 0 Å². The zero-order chi connectivity index (χ0) is 13.9. The second-order valence-corrected chi connectivity index (χ2v) is 7.19. The van der Waals surface area contributed by atoms with Gasteiger partial charge in [0.25, 0.3) is 0 Å². The molecule has 2 aliphatic rings. The highest BCUT2D eigenvalue weighted by atomic mass is 15.3. The quantitative estimate of drug-likeness (QED) is 0.832. The molecule has 19 heavy (non-hydrogen) atoms. The number of hydrogen-bond donors (Lipinski definition) is 1. The zero-order valence-corrected chi connectivity index (χ0v) is 13.5. The SMILES string of the molecule is CCC(C)N1CC(C)(CC)NCC1C1CCCCC1. The maximum Gasteiger partial charge on any atom is 0.0278 e. The highest BCUT2D eigenvalue weighted by Gasteiger charge is 2.39. The van der Waals surface area contributed by atoms with E-state index in [0.29, 0.717) is 5.54 Å². The Kier molecular flexibility index (Phi) is 5.30. The van der Waals surface area contributed by atoms with E-state index in [9.17, 15) is 0 Å². The first-order valence-corrected chi connectivity index (χ1v) is 8.60. The predicted molar refractivity (Wildman–Crippen MR) is 83.5 cm³/mol. The van der Waals surface area contributed by atoms with Gasteiger partial charge in [-0.3, -0.25) is 4.90 Å². The normalized spacial score (nSPS) is 36.3. The summed E-state index contributed by atoms with van der Waals surface area (Å²) in [5.41, 5.74) is 0.328. The van der Waals surface area contributed by atoms with Crippen LogP contribution in [0.3, 0.4) is 0 Å². The predicted octanol–water partition coefficient (Wildman–Crippen LogP) is 3.81. The average Bonchev–Trinajstić information content (AvgIpc) is 2.47. The smallest absolute Gasteiger partial charge is 0.0278 e. The summed E-state index contributed by atoms with van der Waals surface area (Å²) < 4.78 is 0. The van der Waals surface area contributed by atoms with E-state index in [1.807, 2.05) is 0 Å². The molecule has 1 saturated carbocycles. The molecule has 2 heteroatoms. The van der Waals surface area contributed by atoms with E-state index < -0.39 is 0 Å². The number of piperazine rings is 1. The van der Waals surface area contributed by atoms with Crippen LogP contribution in [-0.2, 0) is 0 Å². The summed E-state index contributed by atoms with van der Waals surface area (Å²) in [5.74, 6) is 0.941. The average molecular weight is 266 g/mol. The molecule has 3 unspecified atom stereocenters. The van der Waals surface area contributed by atoms with Crippen molar-refractivity contribution in [3.05, 3.63) is 0 Å². The molecule has 0 aromatic rings. The van der Waals surface area contributed by atoms with E-state index in [4.69, 9.17) is 0 Å². The summed E-state index contributed by atoms with van der Waals surface area (Å²) >= 11 is 0. The van der Waals surface area contributed by atoms with E-state index >= 15 is 0 Å². The van der Waals surface area contributed by atoms with Crippen molar-refractivity contribution in [2.24, 2.45) is 5.92 Å². The Morgan fingerprint density at radius 1 is 1.21 bits per heavy atom. The van der Waals surface area contributed by atoms with Crippen LogP contribution < -0.4 is 5.32 Å². The third-order valence-electron chi connectivity index (χ3n) is 5.83. The van der Waals surface area contributed by atoms with Gasteiger partial charge in [-0.05, 0) is 45.4 Å². The van der Waals surface area contributed by atoms with Crippen molar-refractivity contribution < 1.29 is 0 Å². The minimum absolute atomic E-state index is 0.328. The Morgan fingerprint density at radius 2 is 1.89 bits per heavy atom. The highest BCUT2D eigenvalue weighted by Crippen LogP contribution is 2.33. The van der Waals surface area contributed by atoms with Crippen molar-refractivity contribution in [1.82, 2.24) is 10.2 Å². The van der Waals surface area contributed by atoms with E-state index in [1.54, 1.807) is 0 Å². The summed E-state index contributed by atoms with van der Waals surface area (Å²) in [6.07, 6.45) is 9.82. The monoisotopic (exact) mass is 266 g/mol. The largest absolute Gasteiger partial charge is 0.309 e. The molecule has 1 aliphatic heterocycles. The summed E-state index contributed by atoms with van der Waals surface area (Å²) in [6, 6.07) is 1.52. The van der Waals surface area contributed by atoms with Crippen molar-refractivity contribution >= 4 is 0 Å². The Bertz CT molecular complexity index is 272. The molecular formula is C17H34N2. The van der Waals surface area contributed by atoms with Crippen LogP contribution in [0, 0.1) is 5.92 Å². The molecule has 1 heterocycles. The van der Waals surface area contributed by atoms with E-state index in [0.717, 1.165) is 18.0 Å². The maximum atomic E-state index is 3.86. The standard InChI is InChI=1S/C17H34N2/c1-5-14(3)19-13-17(4,6-2)18-12-16(19)15-10-8-7-9-11-15/h14-16,18H,5-13H2,1-4H3. The lowest BCUT2D eigenvalue weighted by atomic mass is 9.80. The topological polar surface area (TPSA) is 15.3 Å². The lowest BCUT2D eigenvalue weighted by molar-refractivity contribution is 0.0124. The van der Waals surface area contributed by atoms with Gasteiger partial charge in [0.1, 0.15) is 0 Å². The molecule has 2 nitrogen and oxygen atoms in total. The fourth-order valence-corrected chi connectivity index (χ4v) is 3.95. The van der Waals surface area contributed by atoms with Crippen molar-refractivity contribution in [2.75, 3.05) is 13.1 Å². The molecule has 112 valence electrons. The van der Waals surface area contributed by atoms with Crippen LogP contribution in [-0.4, -0.2) is 35.6 Å². The van der Waals surface area contributed by atoms with Gasteiger partial charge in [0.2, 0.25) is 0 Å². The molecule has 0 aromatic carbocycles. The second-order valence-electron chi connectivity index (χ2n) is 7.19. The fourth-order valence-electron chi connectivity index (χ4n) is 3.95. The number of rotatable bonds is 4. The summed E-state index contributed by atoms with van der Waals surface area (Å²) in [7, 11) is 0. The molecule has 1 aliphatic carbocycles. The van der Waals surface area contributed by atoms with Crippen LogP contribution in [0.5, 0.6) is 0 Å². The molecule has 0 radical (unpaired) electrons. The number of nitrogens with one attached hydrogen (secondary N) is 1. The van der Waals surface area contributed by atoms with Gasteiger partial charge < -0.3 is 5.32 Å². The van der Waals surface area contributed by atoms with Crippen LogP contribution in [0.1, 0.15) is 72.6 Å². The van der Waals surface area contributed by atoms with Gasteiger partial charge in [0.15, 0.2) is 0 Å². The van der Waals surface area contributed by atoms with Crippen LogP contribution in [0.4, 0.5) is 0 Å². The lowest BCUT2D eigenvalue weighted by Crippen LogP contribution is -2.66. The van der Waals surface area contributed by atoms with Gasteiger partial charge in [0.05, 0.1) is 0 Å². The van der Waals surface area contributed by atoms with Crippen molar-refractivity contribution in [3.8, 4) is 0 Å². The zero-order valence-electron chi connectivity index (χ0n) is 13.5. The fraction of sp³-hybridized carbons (Fsp3) is 1.00. The second kappa shape index (κ2) is 6.58. The van der Waals surface area contributed by atoms with Gasteiger partial charge in [-0.1, -0.05) is 33.1 Å². The van der Waals surface area contributed by atoms with Crippen LogP contribution >= 0.6 is 0 Å². The molecule has 2 rings (SSSR count). The van der Waals surface area contributed by atoms with Crippen LogP contribution in [0.15, 0.2) is 0 Å². The minimum atomic E-state index is 0.328. The molecular weight excluding hydrogens is 232 g/mol. The summed E-state index contributed by atoms with van der Waals surface area (Å²) in [4.78, 5) is 2.84. The molecule has 0 spiro atoms. The third kappa shape index (κ3) is 3.52. The molecule has 0 amide bonds. The first-order valence-electron chi connectivity index (χ1n) is 8.60. The highest BCUT2D eigenvalue weighted by molar-refractivity contribution is 4.98.